The number of nitrogens with zero attached hydrogens (tertiary/aromatic N) is 1. The first-order valence-corrected chi connectivity index (χ1v) is 10.0. The molecule has 0 saturated heterocycles. The molecule has 1 atom stereocenters. The topological polar surface area (TPSA) is 77.1 Å². The summed E-state index contributed by atoms with van der Waals surface area (Å²) >= 11 is 0. The zero-order valence-corrected chi connectivity index (χ0v) is 17.9. The van der Waals surface area contributed by atoms with Gasteiger partial charge < -0.3 is 24.4 Å². The predicted octanol–water partition coefficient (Wildman–Crippen LogP) is 2.95. The van der Waals surface area contributed by atoms with Gasteiger partial charge in [0.1, 0.15) is 17.6 Å². The van der Waals surface area contributed by atoms with Gasteiger partial charge in [0.05, 0.1) is 12.2 Å². The summed E-state index contributed by atoms with van der Waals surface area (Å²) in [6.07, 6.45) is 0.971. The van der Waals surface area contributed by atoms with Crippen molar-refractivity contribution < 1.29 is 23.8 Å². The number of hydrogen-bond acceptors (Lipinski definition) is 6. The Balaban J connectivity index is 1.54. The molecule has 2 aromatic rings. The zero-order chi connectivity index (χ0) is 21.7. The van der Waals surface area contributed by atoms with E-state index < -0.39 is 5.97 Å². The van der Waals surface area contributed by atoms with E-state index in [1.165, 1.54) is 0 Å². The minimum atomic E-state index is -0.537. The molecule has 0 aliphatic carbocycles. The van der Waals surface area contributed by atoms with E-state index in [4.69, 9.17) is 14.2 Å². The van der Waals surface area contributed by atoms with Gasteiger partial charge in [0.2, 0.25) is 0 Å². The zero-order valence-electron chi connectivity index (χ0n) is 17.9. The lowest BCUT2D eigenvalue weighted by molar-refractivity contribution is -0.124. The molecule has 160 valence electrons. The number of anilines is 1. The third kappa shape index (κ3) is 5.23. The molecular weight excluding hydrogens is 384 g/mol. The van der Waals surface area contributed by atoms with E-state index in [9.17, 15) is 9.59 Å². The number of nitrogens with one attached hydrogen (secondary N) is 1. The second kappa shape index (κ2) is 9.52. The van der Waals surface area contributed by atoms with Crippen molar-refractivity contribution in [1.29, 1.82) is 0 Å². The van der Waals surface area contributed by atoms with Crippen LogP contribution in [0.25, 0.3) is 0 Å². The first-order valence-electron chi connectivity index (χ1n) is 10.0. The SMILES string of the molecule is CCOc1cc2c(cc1CNC(=O)COC(=O)c1ccc(N(C)C)cc1)O[C@@H](C)C2. The third-order valence-corrected chi connectivity index (χ3v) is 4.81. The van der Waals surface area contributed by atoms with Crippen LogP contribution in [0.2, 0.25) is 0 Å². The molecule has 7 heteroatoms. The van der Waals surface area contributed by atoms with Crippen LogP contribution in [0.5, 0.6) is 11.5 Å². The van der Waals surface area contributed by atoms with Gasteiger partial charge in [-0.3, -0.25) is 4.79 Å². The summed E-state index contributed by atoms with van der Waals surface area (Å²) in [5, 5.41) is 2.77. The van der Waals surface area contributed by atoms with Crippen LogP contribution < -0.4 is 19.7 Å². The van der Waals surface area contributed by atoms with Crippen LogP contribution >= 0.6 is 0 Å². The average molecular weight is 412 g/mol. The fraction of sp³-hybridized carbons (Fsp3) is 0.391. The van der Waals surface area contributed by atoms with E-state index in [0.717, 1.165) is 34.7 Å². The molecule has 1 heterocycles. The lowest BCUT2D eigenvalue weighted by Crippen LogP contribution is -2.28. The summed E-state index contributed by atoms with van der Waals surface area (Å²) < 4.78 is 16.6. The van der Waals surface area contributed by atoms with Crippen LogP contribution in [0.1, 0.15) is 35.3 Å². The van der Waals surface area contributed by atoms with Gasteiger partial charge in [0.25, 0.3) is 5.91 Å². The van der Waals surface area contributed by atoms with Crippen LogP contribution in [-0.2, 0) is 22.5 Å². The largest absolute Gasteiger partial charge is 0.494 e. The number of benzene rings is 2. The number of ether oxygens (including phenoxy) is 3. The highest BCUT2D eigenvalue weighted by Gasteiger charge is 2.22. The maximum Gasteiger partial charge on any atom is 0.338 e. The molecular formula is C23H28N2O5. The summed E-state index contributed by atoms with van der Waals surface area (Å²) in [6, 6.07) is 10.9. The normalized spacial score (nSPS) is 14.5. The van der Waals surface area contributed by atoms with Crippen molar-refractivity contribution in [3.05, 3.63) is 53.1 Å². The summed E-state index contributed by atoms with van der Waals surface area (Å²) in [5.41, 5.74) is 3.30. The first-order chi connectivity index (χ1) is 14.4. The van der Waals surface area contributed by atoms with Gasteiger partial charge in [0, 0.05) is 43.9 Å². The number of esters is 1. The summed E-state index contributed by atoms with van der Waals surface area (Å²) in [4.78, 5) is 26.3. The Kier molecular flexibility index (Phi) is 6.82. The average Bonchev–Trinajstić information content (AvgIpc) is 3.09. The van der Waals surface area contributed by atoms with E-state index in [1.807, 2.05) is 57.1 Å². The Morgan fingerprint density at radius 2 is 1.93 bits per heavy atom. The molecule has 1 aliphatic rings. The molecule has 0 saturated carbocycles. The highest BCUT2D eigenvalue weighted by molar-refractivity contribution is 5.91. The van der Waals surface area contributed by atoms with Gasteiger partial charge in [-0.15, -0.1) is 0 Å². The molecule has 0 aromatic heterocycles. The van der Waals surface area contributed by atoms with Crippen LogP contribution in [0.3, 0.4) is 0 Å². The van der Waals surface area contributed by atoms with Crippen molar-refractivity contribution in [2.45, 2.75) is 32.9 Å². The van der Waals surface area contributed by atoms with E-state index in [-0.39, 0.29) is 25.2 Å². The van der Waals surface area contributed by atoms with Gasteiger partial charge in [-0.2, -0.15) is 0 Å². The quantitative estimate of drug-likeness (QED) is 0.672. The van der Waals surface area contributed by atoms with Crippen molar-refractivity contribution in [1.82, 2.24) is 5.32 Å². The molecule has 7 nitrogen and oxygen atoms in total. The van der Waals surface area contributed by atoms with Gasteiger partial charge in [-0.05, 0) is 50.2 Å². The fourth-order valence-electron chi connectivity index (χ4n) is 3.26. The van der Waals surface area contributed by atoms with Gasteiger partial charge in [0.15, 0.2) is 6.61 Å². The Morgan fingerprint density at radius 1 is 1.20 bits per heavy atom. The predicted molar refractivity (Wildman–Crippen MR) is 114 cm³/mol. The van der Waals surface area contributed by atoms with Gasteiger partial charge in [-0.1, -0.05) is 0 Å². The number of rotatable bonds is 8. The Morgan fingerprint density at radius 3 is 2.60 bits per heavy atom. The highest BCUT2D eigenvalue weighted by Crippen LogP contribution is 2.35. The van der Waals surface area contributed by atoms with Crippen LogP contribution in [0.4, 0.5) is 5.69 Å². The number of fused-ring (bicyclic) bond motifs is 1. The number of amides is 1. The molecule has 0 bridgehead atoms. The van der Waals surface area contributed by atoms with Crippen molar-refractivity contribution in [3.8, 4) is 11.5 Å². The smallest absolute Gasteiger partial charge is 0.338 e. The number of carbonyl (C=O) groups is 2. The van der Waals surface area contributed by atoms with Crippen LogP contribution in [-0.4, -0.2) is 45.3 Å². The van der Waals surface area contributed by atoms with Crippen molar-refractivity contribution in [2.24, 2.45) is 0 Å². The van der Waals surface area contributed by atoms with Gasteiger partial charge >= 0.3 is 5.97 Å². The molecule has 3 rings (SSSR count). The van der Waals surface area contributed by atoms with Crippen LogP contribution in [0.15, 0.2) is 36.4 Å². The molecule has 1 aliphatic heterocycles. The molecule has 30 heavy (non-hydrogen) atoms. The second-order valence-electron chi connectivity index (χ2n) is 7.43. The lowest BCUT2D eigenvalue weighted by Gasteiger charge is -2.14. The van der Waals surface area contributed by atoms with Crippen LogP contribution in [0, 0.1) is 0 Å². The maximum absolute atomic E-state index is 12.2. The van der Waals surface area contributed by atoms with Gasteiger partial charge in [-0.25, -0.2) is 4.79 Å². The standard InChI is InChI=1S/C23H28N2O5/c1-5-28-20-11-17-10-15(2)30-21(17)12-18(20)13-24-22(26)14-29-23(27)16-6-8-19(9-7-16)25(3)4/h6-9,11-12,15H,5,10,13-14H2,1-4H3,(H,24,26)/t15-/m0/s1. The lowest BCUT2D eigenvalue weighted by atomic mass is 10.1. The molecule has 1 amide bonds. The second-order valence-corrected chi connectivity index (χ2v) is 7.43. The van der Waals surface area contributed by atoms with E-state index >= 15 is 0 Å². The first kappa shape index (κ1) is 21.5. The van der Waals surface area contributed by atoms with Crippen molar-refractivity contribution in [3.63, 3.8) is 0 Å². The van der Waals surface area contributed by atoms with E-state index in [2.05, 4.69) is 5.32 Å². The van der Waals surface area contributed by atoms with Crippen molar-refractivity contribution in [2.75, 3.05) is 32.2 Å². The number of carbonyl (C=O) groups excluding carboxylic acids is 2. The summed E-state index contributed by atoms with van der Waals surface area (Å²) in [7, 11) is 3.84. The monoisotopic (exact) mass is 412 g/mol. The highest BCUT2D eigenvalue weighted by atomic mass is 16.5. The third-order valence-electron chi connectivity index (χ3n) is 4.81. The molecule has 0 unspecified atom stereocenters. The molecule has 0 radical (unpaired) electrons. The Hall–Kier alpha value is -3.22. The number of hydrogen-bond donors (Lipinski definition) is 1. The molecule has 0 fully saturated rings. The Labute approximate surface area is 176 Å². The maximum atomic E-state index is 12.2. The molecule has 1 N–H and O–H groups in total. The summed E-state index contributed by atoms with van der Waals surface area (Å²) in [6.45, 7) is 4.37. The fourth-order valence-corrected chi connectivity index (χ4v) is 3.26. The molecule has 2 aromatic carbocycles. The summed E-state index contributed by atoms with van der Waals surface area (Å²) in [5.74, 6) is 0.630. The minimum absolute atomic E-state index is 0.130. The minimum Gasteiger partial charge on any atom is -0.494 e. The van der Waals surface area contributed by atoms with Crippen molar-refractivity contribution >= 4 is 17.6 Å². The van der Waals surface area contributed by atoms with E-state index in [0.29, 0.717) is 12.2 Å². The Bertz CT molecular complexity index is 909. The molecule has 0 spiro atoms. The van der Waals surface area contributed by atoms with E-state index in [1.54, 1.807) is 12.1 Å².